The number of anilines is 1. The van der Waals surface area contributed by atoms with E-state index < -0.39 is 21.4 Å². The number of rotatable bonds is 3. The monoisotopic (exact) mass is 331 g/mol. The van der Waals surface area contributed by atoms with Crippen LogP contribution in [-0.4, -0.2) is 37.6 Å². The number of aliphatic carboxylic acids is 1. The van der Waals surface area contributed by atoms with Gasteiger partial charge in [0.2, 0.25) is 10.0 Å². The van der Waals surface area contributed by atoms with Crippen LogP contribution in [0.3, 0.4) is 0 Å². The van der Waals surface area contributed by atoms with Gasteiger partial charge in [0, 0.05) is 13.1 Å². The number of primary sulfonamides is 1. The van der Waals surface area contributed by atoms with E-state index in [9.17, 15) is 18.3 Å². The molecule has 2 heterocycles. The van der Waals surface area contributed by atoms with Gasteiger partial charge in [-0.05, 0) is 25.7 Å². The van der Waals surface area contributed by atoms with E-state index in [0.717, 1.165) is 24.2 Å². The number of hydrogen-bond acceptors (Lipinski definition) is 6. The molecular formula is C12H17N3O4S2. The van der Waals surface area contributed by atoms with Gasteiger partial charge in [0.15, 0.2) is 9.34 Å². The first kappa shape index (κ1) is 14.7. The van der Waals surface area contributed by atoms with Gasteiger partial charge in [0.05, 0.1) is 11.1 Å². The molecule has 7 nitrogen and oxygen atoms in total. The molecule has 2 fully saturated rings. The van der Waals surface area contributed by atoms with Gasteiger partial charge in [-0.15, -0.1) is 0 Å². The molecule has 0 aromatic carbocycles. The highest BCUT2D eigenvalue weighted by molar-refractivity contribution is 7.91. The molecule has 1 saturated carbocycles. The topological polar surface area (TPSA) is 114 Å². The van der Waals surface area contributed by atoms with Gasteiger partial charge < -0.3 is 10.0 Å². The minimum atomic E-state index is -3.78. The van der Waals surface area contributed by atoms with Crippen LogP contribution in [0.25, 0.3) is 0 Å². The summed E-state index contributed by atoms with van der Waals surface area (Å²) >= 11 is 1.02. The third-order valence-corrected chi connectivity index (χ3v) is 7.34. The Balaban J connectivity index is 1.92. The number of nitrogens with two attached hydrogens (primary N) is 1. The van der Waals surface area contributed by atoms with E-state index in [1.165, 1.54) is 0 Å². The minimum absolute atomic E-state index is 0.0546. The largest absolute Gasteiger partial charge is 0.481 e. The summed E-state index contributed by atoms with van der Waals surface area (Å²) < 4.78 is 23.0. The van der Waals surface area contributed by atoms with Crippen LogP contribution < -0.4 is 10.0 Å². The van der Waals surface area contributed by atoms with Crippen molar-refractivity contribution >= 4 is 32.5 Å². The predicted molar refractivity (Wildman–Crippen MR) is 77.8 cm³/mol. The van der Waals surface area contributed by atoms with Gasteiger partial charge in [-0.2, -0.15) is 0 Å². The fraction of sp³-hybridized carbons (Fsp3) is 0.667. The van der Waals surface area contributed by atoms with Gasteiger partial charge in [-0.1, -0.05) is 17.8 Å². The average molecular weight is 331 g/mol. The van der Waals surface area contributed by atoms with Gasteiger partial charge in [0.1, 0.15) is 0 Å². The van der Waals surface area contributed by atoms with Gasteiger partial charge >= 0.3 is 5.97 Å². The molecule has 0 bridgehead atoms. The van der Waals surface area contributed by atoms with Crippen LogP contribution >= 0.6 is 11.3 Å². The molecule has 2 atom stereocenters. The zero-order valence-corrected chi connectivity index (χ0v) is 13.2. The second kappa shape index (κ2) is 4.65. The quantitative estimate of drug-likeness (QED) is 0.846. The number of fused-ring (bicyclic) bond motifs is 1. The standard InChI is InChI=1S/C12H17N3O4S2/c1-7-9(21(13,18)19)20-11(14-7)15-5-8-3-2-4-12(8,6-15)10(16)17/h8H,2-6H2,1H3,(H,16,17)(H2,13,18,19)/t8-,12+/m0/s1. The number of aromatic nitrogens is 1. The number of nitrogens with zero attached hydrogens (tertiary/aromatic N) is 2. The Kier molecular flexibility index (Phi) is 3.26. The van der Waals surface area contributed by atoms with E-state index >= 15 is 0 Å². The number of carboxylic acids is 1. The van der Waals surface area contributed by atoms with Crippen molar-refractivity contribution in [2.24, 2.45) is 16.5 Å². The number of carbonyl (C=O) groups is 1. The third-order valence-electron chi connectivity index (χ3n) is 4.57. The maximum atomic E-state index is 11.7. The van der Waals surface area contributed by atoms with Crippen molar-refractivity contribution in [1.82, 2.24) is 4.98 Å². The summed E-state index contributed by atoms with van der Waals surface area (Å²) in [7, 11) is -3.78. The Bertz CT molecular complexity index is 699. The van der Waals surface area contributed by atoms with E-state index in [2.05, 4.69) is 4.98 Å². The average Bonchev–Trinajstić information content (AvgIpc) is 2.97. The van der Waals surface area contributed by atoms with Crippen molar-refractivity contribution in [3.05, 3.63) is 5.69 Å². The van der Waals surface area contributed by atoms with Crippen LogP contribution in [0, 0.1) is 18.3 Å². The fourth-order valence-corrected chi connectivity index (χ4v) is 5.51. The molecule has 116 valence electrons. The van der Waals surface area contributed by atoms with Gasteiger partial charge in [0.25, 0.3) is 0 Å². The Morgan fingerprint density at radius 1 is 1.57 bits per heavy atom. The van der Waals surface area contributed by atoms with Gasteiger partial charge in [-0.25, -0.2) is 18.5 Å². The summed E-state index contributed by atoms with van der Waals surface area (Å²) in [6.07, 6.45) is 2.51. The SMILES string of the molecule is Cc1nc(N2C[C@@H]3CCC[C@@]3(C(=O)O)C2)sc1S(N)(=O)=O. The van der Waals surface area contributed by atoms with Crippen LogP contribution in [0.1, 0.15) is 25.0 Å². The van der Waals surface area contributed by atoms with E-state index in [1.54, 1.807) is 6.92 Å². The highest BCUT2D eigenvalue weighted by atomic mass is 32.2. The number of hydrogen-bond donors (Lipinski definition) is 2. The molecule has 1 aliphatic carbocycles. The first-order chi connectivity index (χ1) is 9.74. The van der Waals surface area contributed by atoms with E-state index in [1.807, 2.05) is 4.90 Å². The van der Waals surface area contributed by atoms with Crippen LogP contribution in [0.15, 0.2) is 4.21 Å². The van der Waals surface area contributed by atoms with Crippen molar-refractivity contribution in [3.63, 3.8) is 0 Å². The van der Waals surface area contributed by atoms with Crippen molar-refractivity contribution in [1.29, 1.82) is 0 Å². The maximum Gasteiger partial charge on any atom is 0.311 e. The summed E-state index contributed by atoms with van der Waals surface area (Å²) in [4.78, 5) is 17.8. The molecule has 0 radical (unpaired) electrons. The summed E-state index contributed by atoms with van der Waals surface area (Å²) in [6.45, 7) is 2.61. The first-order valence-corrected chi connectivity index (χ1v) is 9.09. The smallest absolute Gasteiger partial charge is 0.311 e. The normalized spacial score (nSPS) is 28.9. The summed E-state index contributed by atoms with van der Waals surface area (Å²) in [5, 5.41) is 15.3. The molecule has 1 aromatic heterocycles. The van der Waals surface area contributed by atoms with Crippen molar-refractivity contribution < 1.29 is 18.3 Å². The summed E-state index contributed by atoms with van der Waals surface area (Å²) in [5.41, 5.74) is -0.333. The van der Waals surface area contributed by atoms with Crippen molar-refractivity contribution in [3.8, 4) is 0 Å². The number of carboxylic acid groups (broad SMARTS) is 1. The molecule has 21 heavy (non-hydrogen) atoms. The van der Waals surface area contributed by atoms with Crippen LogP contribution in [0.2, 0.25) is 0 Å². The molecule has 9 heteroatoms. The lowest BCUT2D eigenvalue weighted by Crippen LogP contribution is -2.35. The van der Waals surface area contributed by atoms with Crippen LogP contribution in [0.5, 0.6) is 0 Å². The Hall–Kier alpha value is -1.19. The number of sulfonamides is 1. The van der Waals surface area contributed by atoms with Crippen LogP contribution in [-0.2, 0) is 14.8 Å². The number of thiazole rings is 1. The highest BCUT2D eigenvalue weighted by Crippen LogP contribution is 2.50. The molecular weight excluding hydrogens is 314 g/mol. The molecule has 3 N–H and O–H groups in total. The molecule has 1 aliphatic heterocycles. The lowest BCUT2D eigenvalue weighted by atomic mass is 9.81. The molecule has 1 saturated heterocycles. The second-order valence-electron chi connectivity index (χ2n) is 5.85. The lowest BCUT2D eigenvalue weighted by Gasteiger charge is -2.22. The summed E-state index contributed by atoms with van der Waals surface area (Å²) in [5.74, 6) is -0.649. The minimum Gasteiger partial charge on any atom is -0.481 e. The van der Waals surface area contributed by atoms with E-state index in [0.29, 0.717) is 30.3 Å². The molecule has 0 unspecified atom stereocenters. The molecule has 0 spiro atoms. The molecule has 3 rings (SSSR count). The zero-order valence-electron chi connectivity index (χ0n) is 11.6. The van der Waals surface area contributed by atoms with Gasteiger partial charge in [-0.3, -0.25) is 4.79 Å². The Morgan fingerprint density at radius 3 is 2.81 bits per heavy atom. The number of aryl methyl sites for hydroxylation is 1. The lowest BCUT2D eigenvalue weighted by molar-refractivity contribution is -0.149. The Morgan fingerprint density at radius 2 is 2.29 bits per heavy atom. The highest BCUT2D eigenvalue weighted by Gasteiger charge is 2.55. The third kappa shape index (κ3) is 2.23. The summed E-state index contributed by atoms with van der Waals surface area (Å²) in [6, 6.07) is 0. The predicted octanol–water partition coefficient (Wildman–Crippen LogP) is 0.790. The second-order valence-corrected chi connectivity index (χ2v) is 8.58. The van der Waals surface area contributed by atoms with Crippen molar-refractivity contribution in [2.75, 3.05) is 18.0 Å². The zero-order chi connectivity index (χ0) is 15.4. The molecule has 1 aromatic rings. The van der Waals surface area contributed by atoms with E-state index in [-0.39, 0.29) is 10.1 Å². The first-order valence-electron chi connectivity index (χ1n) is 6.72. The fourth-order valence-electron chi connectivity index (χ4n) is 3.55. The van der Waals surface area contributed by atoms with Crippen LogP contribution in [0.4, 0.5) is 5.13 Å². The molecule has 2 aliphatic rings. The molecule has 0 amide bonds. The Labute approximate surface area is 126 Å². The van der Waals surface area contributed by atoms with E-state index in [4.69, 9.17) is 5.14 Å². The maximum absolute atomic E-state index is 11.7. The van der Waals surface area contributed by atoms with Crippen molar-refractivity contribution in [2.45, 2.75) is 30.4 Å².